The second-order valence-electron chi connectivity index (χ2n) is 5.84. The smallest absolute Gasteiger partial charge is 0.339 e. The summed E-state index contributed by atoms with van der Waals surface area (Å²) in [5.74, 6) is -0.457. The number of methoxy groups -OCH3 is 1. The third-order valence-electron chi connectivity index (χ3n) is 4.49. The van der Waals surface area contributed by atoms with E-state index in [1.165, 1.54) is 7.11 Å². The van der Waals surface area contributed by atoms with Crippen LogP contribution in [0.15, 0.2) is 53.3 Å². The second kappa shape index (κ2) is 5.53. The number of benzene rings is 2. The molecule has 1 aromatic heterocycles. The Balaban J connectivity index is 1.88. The van der Waals surface area contributed by atoms with Gasteiger partial charge in [0.05, 0.1) is 24.2 Å². The summed E-state index contributed by atoms with van der Waals surface area (Å²) in [4.78, 5) is 27.3. The molecule has 24 heavy (non-hydrogen) atoms. The fraction of sp³-hybridized carbons (Fsp3) is 0.158. The lowest BCUT2D eigenvalue weighted by Crippen LogP contribution is -2.14. The fourth-order valence-corrected chi connectivity index (χ4v) is 3.35. The van der Waals surface area contributed by atoms with Crippen LogP contribution in [0.1, 0.15) is 27.5 Å². The zero-order valence-electron chi connectivity index (χ0n) is 13.1. The van der Waals surface area contributed by atoms with E-state index in [2.05, 4.69) is 10.3 Å². The highest BCUT2D eigenvalue weighted by molar-refractivity contribution is 6.04. The van der Waals surface area contributed by atoms with E-state index in [0.717, 1.165) is 16.5 Å². The number of rotatable bonds is 2. The maximum atomic E-state index is 12.5. The summed E-state index contributed by atoms with van der Waals surface area (Å²) in [7, 11) is 1.33. The van der Waals surface area contributed by atoms with E-state index in [0.29, 0.717) is 23.2 Å². The van der Waals surface area contributed by atoms with Crippen LogP contribution in [0.2, 0.25) is 0 Å². The van der Waals surface area contributed by atoms with Crippen molar-refractivity contribution in [2.24, 2.45) is 0 Å². The molecule has 1 aliphatic heterocycles. The number of anilines is 1. The molecule has 0 saturated heterocycles. The van der Waals surface area contributed by atoms with Crippen molar-refractivity contribution in [2.45, 2.75) is 12.5 Å². The Hall–Kier alpha value is -3.08. The van der Waals surface area contributed by atoms with E-state index in [4.69, 9.17) is 4.74 Å². The molecule has 0 saturated carbocycles. The Labute approximate surface area is 138 Å². The number of aromatic amines is 1. The van der Waals surface area contributed by atoms with E-state index >= 15 is 0 Å². The predicted octanol–water partition coefficient (Wildman–Crippen LogP) is 3.02. The number of fused-ring (bicyclic) bond motifs is 3. The quantitative estimate of drug-likeness (QED) is 0.712. The minimum atomic E-state index is -0.457. The molecule has 0 aliphatic carbocycles. The van der Waals surface area contributed by atoms with Crippen molar-refractivity contribution in [3.63, 3.8) is 0 Å². The zero-order chi connectivity index (χ0) is 16.7. The molecule has 0 radical (unpaired) electrons. The van der Waals surface area contributed by atoms with Gasteiger partial charge in [-0.3, -0.25) is 4.79 Å². The third kappa shape index (κ3) is 2.17. The van der Waals surface area contributed by atoms with Gasteiger partial charge in [-0.1, -0.05) is 42.5 Å². The Morgan fingerprint density at radius 2 is 1.92 bits per heavy atom. The van der Waals surface area contributed by atoms with Crippen molar-refractivity contribution in [3.05, 3.63) is 75.6 Å². The number of hydrogen-bond acceptors (Lipinski definition) is 4. The largest absolute Gasteiger partial charge is 0.465 e. The van der Waals surface area contributed by atoms with Crippen molar-refractivity contribution in [1.29, 1.82) is 0 Å². The molecule has 0 spiro atoms. The Morgan fingerprint density at radius 3 is 2.67 bits per heavy atom. The van der Waals surface area contributed by atoms with Crippen LogP contribution in [0.4, 0.5) is 5.69 Å². The van der Waals surface area contributed by atoms with Crippen LogP contribution < -0.4 is 10.9 Å². The number of ether oxygens (including phenoxy) is 1. The number of carbonyl (C=O) groups is 1. The molecule has 0 amide bonds. The first kappa shape index (κ1) is 14.5. The van der Waals surface area contributed by atoms with Crippen molar-refractivity contribution in [1.82, 2.24) is 4.98 Å². The highest BCUT2D eigenvalue weighted by atomic mass is 16.5. The second-order valence-corrected chi connectivity index (χ2v) is 5.84. The highest BCUT2D eigenvalue weighted by Gasteiger charge is 2.27. The first-order chi connectivity index (χ1) is 11.7. The Bertz CT molecular complexity index is 993. The van der Waals surface area contributed by atoms with Gasteiger partial charge in [0, 0.05) is 5.39 Å². The SMILES string of the molecule is COC(=O)c1cccc2c3c(c(=O)[nH]c12)NC(c1ccccc1)C3. The van der Waals surface area contributed by atoms with E-state index in [-0.39, 0.29) is 11.6 Å². The summed E-state index contributed by atoms with van der Waals surface area (Å²) < 4.78 is 4.82. The maximum Gasteiger partial charge on any atom is 0.339 e. The Kier molecular flexibility index (Phi) is 3.34. The lowest BCUT2D eigenvalue weighted by atomic mass is 9.99. The van der Waals surface area contributed by atoms with Gasteiger partial charge in [0.1, 0.15) is 5.69 Å². The van der Waals surface area contributed by atoms with Gasteiger partial charge in [0.15, 0.2) is 0 Å². The summed E-state index contributed by atoms with van der Waals surface area (Å²) in [6.45, 7) is 0. The normalized spacial score (nSPS) is 15.8. The molecule has 4 rings (SSSR count). The number of H-pyrrole nitrogens is 1. The monoisotopic (exact) mass is 320 g/mol. The summed E-state index contributed by atoms with van der Waals surface area (Å²) in [5.41, 5.74) is 3.34. The summed E-state index contributed by atoms with van der Waals surface area (Å²) in [6, 6.07) is 15.5. The van der Waals surface area contributed by atoms with Crippen LogP contribution in [0.25, 0.3) is 10.9 Å². The molecular weight excluding hydrogens is 304 g/mol. The van der Waals surface area contributed by atoms with Gasteiger partial charge >= 0.3 is 5.97 Å². The molecule has 2 aromatic carbocycles. The van der Waals surface area contributed by atoms with E-state index in [1.54, 1.807) is 6.07 Å². The maximum absolute atomic E-state index is 12.5. The molecule has 1 aliphatic rings. The first-order valence-corrected chi connectivity index (χ1v) is 7.76. The van der Waals surface area contributed by atoms with E-state index in [9.17, 15) is 9.59 Å². The first-order valence-electron chi connectivity index (χ1n) is 7.76. The van der Waals surface area contributed by atoms with Gasteiger partial charge in [-0.15, -0.1) is 0 Å². The number of hydrogen-bond donors (Lipinski definition) is 2. The van der Waals surface area contributed by atoms with Crippen LogP contribution in [-0.2, 0) is 11.2 Å². The van der Waals surface area contributed by atoms with E-state index < -0.39 is 5.97 Å². The van der Waals surface area contributed by atoms with Crippen molar-refractivity contribution in [2.75, 3.05) is 12.4 Å². The van der Waals surface area contributed by atoms with Crippen LogP contribution in [0.3, 0.4) is 0 Å². The number of esters is 1. The summed E-state index contributed by atoms with van der Waals surface area (Å²) in [5, 5.41) is 4.19. The molecule has 5 heteroatoms. The van der Waals surface area contributed by atoms with Crippen LogP contribution in [0.5, 0.6) is 0 Å². The molecular formula is C19H16N2O3. The van der Waals surface area contributed by atoms with Crippen LogP contribution >= 0.6 is 0 Å². The lowest BCUT2D eigenvalue weighted by Gasteiger charge is -2.10. The predicted molar refractivity (Wildman–Crippen MR) is 92.4 cm³/mol. The average molecular weight is 320 g/mol. The highest BCUT2D eigenvalue weighted by Crippen LogP contribution is 2.36. The molecule has 2 heterocycles. The molecule has 2 N–H and O–H groups in total. The lowest BCUT2D eigenvalue weighted by molar-refractivity contribution is 0.0603. The third-order valence-corrected chi connectivity index (χ3v) is 4.49. The summed E-state index contributed by atoms with van der Waals surface area (Å²) in [6.07, 6.45) is 0.699. The fourth-order valence-electron chi connectivity index (χ4n) is 3.35. The average Bonchev–Trinajstić information content (AvgIpc) is 3.08. The molecule has 1 unspecified atom stereocenters. The van der Waals surface area contributed by atoms with Gasteiger partial charge < -0.3 is 15.0 Å². The van der Waals surface area contributed by atoms with Gasteiger partial charge in [-0.2, -0.15) is 0 Å². The number of nitrogens with one attached hydrogen (secondary N) is 2. The van der Waals surface area contributed by atoms with Crippen molar-refractivity contribution >= 4 is 22.6 Å². The molecule has 1 atom stereocenters. The number of pyridine rings is 1. The van der Waals surface area contributed by atoms with Gasteiger partial charge in [0.2, 0.25) is 0 Å². The van der Waals surface area contributed by atoms with Crippen LogP contribution in [-0.4, -0.2) is 18.1 Å². The van der Waals surface area contributed by atoms with Crippen molar-refractivity contribution < 1.29 is 9.53 Å². The van der Waals surface area contributed by atoms with Crippen molar-refractivity contribution in [3.8, 4) is 0 Å². The molecule has 0 bridgehead atoms. The Morgan fingerprint density at radius 1 is 1.12 bits per heavy atom. The van der Waals surface area contributed by atoms with E-state index in [1.807, 2.05) is 42.5 Å². The van der Waals surface area contributed by atoms with Crippen LogP contribution in [0, 0.1) is 0 Å². The topological polar surface area (TPSA) is 71.2 Å². The van der Waals surface area contributed by atoms with Gasteiger partial charge in [-0.05, 0) is 23.6 Å². The molecule has 0 fully saturated rings. The standard InChI is InChI=1S/C19H16N2O3/c1-24-19(23)13-9-5-8-12-14-10-15(11-6-3-2-4-7-11)20-17(14)18(22)21-16(12)13/h2-9,15,20H,10H2,1H3,(H,21,22). The molecule has 3 aromatic rings. The number of para-hydroxylation sites is 1. The minimum Gasteiger partial charge on any atom is -0.465 e. The zero-order valence-corrected chi connectivity index (χ0v) is 13.1. The molecule has 5 nitrogen and oxygen atoms in total. The summed E-state index contributed by atoms with van der Waals surface area (Å²) >= 11 is 0. The number of aromatic nitrogens is 1. The van der Waals surface area contributed by atoms with Gasteiger partial charge in [-0.25, -0.2) is 4.79 Å². The van der Waals surface area contributed by atoms with Gasteiger partial charge in [0.25, 0.3) is 5.56 Å². The minimum absolute atomic E-state index is 0.0506. The molecule has 120 valence electrons. The number of carbonyl (C=O) groups excluding carboxylic acids is 1.